The molecule has 3 rings (SSSR count). The Hall–Kier alpha value is -2.09. The van der Waals surface area contributed by atoms with Crippen LogP contribution in [-0.2, 0) is 10.1 Å². The molecule has 2 aromatic carbocycles. The van der Waals surface area contributed by atoms with Crippen LogP contribution in [0.2, 0.25) is 10.0 Å². The Morgan fingerprint density at radius 1 is 1.08 bits per heavy atom. The molecule has 0 aliphatic rings. The molecule has 0 atom stereocenters. The maximum absolute atomic E-state index is 12.3. The van der Waals surface area contributed by atoms with Gasteiger partial charge >= 0.3 is 10.1 Å². The van der Waals surface area contributed by atoms with Gasteiger partial charge in [-0.3, -0.25) is 0 Å². The minimum atomic E-state index is -4.11. The Labute approximate surface area is 148 Å². The molecule has 24 heavy (non-hydrogen) atoms. The smallest absolute Gasteiger partial charge is 0.340 e. The Morgan fingerprint density at radius 2 is 1.79 bits per heavy atom. The van der Waals surface area contributed by atoms with E-state index in [9.17, 15) is 8.42 Å². The van der Waals surface area contributed by atoms with Crippen LogP contribution < -0.4 is 4.18 Å². The monoisotopic (exact) mass is 384 g/mol. The van der Waals surface area contributed by atoms with Crippen molar-refractivity contribution < 1.29 is 17.1 Å². The van der Waals surface area contributed by atoms with E-state index >= 15 is 0 Å². The molecule has 0 aliphatic carbocycles. The Morgan fingerprint density at radius 3 is 2.42 bits per heavy atom. The van der Waals surface area contributed by atoms with Crippen molar-refractivity contribution in [3.8, 4) is 17.1 Å². The maximum Gasteiger partial charge on any atom is 0.340 e. The van der Waals surface area contributed by atoms with Crippen LogP contribution in [-0.4, -0.2) is 18.6 Å². The predicted octanol–water partition coefficient (Wildman–Crippen LogP) is 4.12. The molecule has 0 saturated carbocycles. The summed E-state index contributed by atoms with van der Waals surface area (Å²) in [4.78, 5) is 3.89. The average Bonchev–Trinajstić information content (AvgIpc) is 2.96. The molecule has 0 amide bonds. The van der Waals surface area contributed by atoms with Crippen LogP contribution in [0.1, 0.15) is 5.89 Å². The van der Waals surface area contributed by atoms with Crippen molar-refractivity contribution in [2.45, 2.75) is 11.8 Å². The third kappa shape index (κ3) is 3.53. The lowest BCUT2D eigenvalue weighted by Crippen LogP contribution is -2.10. The zero-order chi connectivity index (χ0) is 17.3. The Kier molecular flexibility index (Phi) is 4.49. The van der Waals surface area contributed by atoms with Gasteiger partial charge in [0.1, 0.15) is 10.6 Å². The van der Waals surface area contributed by atoms with E-state index in [-0.39, 0.29) is 20.7 Å². The van der Waals surface area contributed by atoms with Crippen LogP contribution in [0.25, 0.3) is 11.4 Å². The second kappa shape index (κ2) is 6.43. The zero-order valence-electron chi connectivity index (χ0n) is 12.2. The van der Waals surface area contributed by atoms with E-state index in [0.717, 1.165) is 0 Å². The van der Waals surface area contributed by atoms with Crippen LogP contribution in [0.5, 0.6) is 5.75 Å². The van der Waals surface area contributed by atoms with Crippen molar-refractivity contribution in [3.05, 3.63) is 58.4 Å². The summed E-state index contributed by atoms with van der Waals surface area (Å²) in [7, 11) is -4.11. The van der Waals surface area contributed by atoms with E-state index in [1.54, 1.807) is 19.1 Å². The van der Waals surface area contributed by atoms with Crippen molar-refractivity contribution in [3.63, 3.8) is 0 Å². The fraction of sp³-hybridized carbons (Fsp3) is 0.0667. The number of aromatic nitrogens is 2. The van der Waals surface area contributed by atoms with E-state index < -0.39 is 10.1 Å². The summed E-state index contributed by atoms with van der Waals surface area (Å²) in [5.41, 5.74) is 0.664. The largest absolute Gasteiger partial charge is 0.379 e. The van der Waals surface area contributed by atoms with Gasteiger partial charge in [0, 0.05) is 17.5 Å². The first-order chi connectivity index (χ1) is 11.3. The molecule has 3 aromatic rings. The standard InChI is InChI=1S/C15H10Cl2N2O4S/c1-9-18-15(19-22-9)10-2-5-12(6-3-10)23-24(20,21)14-8-11(16)4-7-13(14)17/h2-8H,1H3. The number of nitrogens with zero attached hydrogens (tertiary/aromatic N) is 2. The topological polar surface area (TPSA) is 82.3 Å². The van der Waals surface area contributed by atoms with Crippen molar-refractivity contribution in [2.75, 3.05) is 0 Å². The molecule has 0 unspecified atom stereocenters. The molecular weight excluding hydrogens is 375 g/mol. The van der Waals surface area contributed by atoms with Crippen LogP contribution in [0.4, 0.5) is 0 Å². The highest BCUT2D eigenvalue weighted by molar-refractivity contribution is 7.87. The molecule has 0 radical (unpaired) electrons. The molecular formula is C15H10Cl2N2O4S. The van der Waals surface area contributed by atoms with Crippen molar-refractivity contribution >= 4 is 33.3 Å². The van der Waals surface area contributed by atoms with E-state index in [1.165, 1.54) is 30.3 Å². The van der Waals surface area contributed by atoms with E-state index in [1.807, 2.05) is 0 Å². The lowest BCUT2D eigenvalue weighted by molar-refractivity contribution is 0.394. The number of rotatable bonds is 4. The second-order valence-corrected chi connectivity index (χ2v) is 7.13. The predicted molar refractivity (Wildman–Crippen MR) is 88.7 cm³/mol. The molecule has 0 spiro atoms. The molecule has 0 bridgehead atoms. The molecule has 124 valence electrons. The van der Waals surface area contributed by atoms with Gasteiger partial charge in [-0.25, -0.2) is 0 Å². The first-order valence-corrected chi connectivity index (χ1v) is 8.82. The highest BCUT2D eigenvalue weighted by atomic mass is 35.5. The fourth-order valence-electron chi connectivity index (χ4n) is 1.92. The fourth-order valence-corrected chi connectivity index (χ4v) is 3.59. The molecule has 0 N–H and O–H groups in total. The molecule has 6 nitrogen and oxygen atoms in total. The van der Waals surface area contributed by atoms with Crippen molar-refractivity contribution in [2.24, 2.45) is 0 Å². The summed E-state index contributed by atoms with van der Waals surface area (Å²) < 4.78 is 34.6. The molecule has 0 fully saturated rings. The van der Waals surface area contributed by atoms with Gasteiger partial charge < -0.3 is 8.71 Å². The summed E-state index contributed by atoms with van der Waals surface area (Å²) in [6, 6.07) is 10.3. The normalized spacial score (nSPS) is 11.5. The zero-order valence-corrected chi connectivity index (χ0v) is 14.6. The Bertz CT molecular complexity index is 985. The quantitative estimate of drug-likeness (QED) is 0.629. The number of halogens is 2. The summed E-state index contributed by atoms with van der Waals surface area (Å²) in [5, 5.41) is 4.05. The van der Waals surface area contributed by atoms with Gasteiger partial charge in [0.05, 0.1) is 5.02 Å². The van der Waals surface area contributed by atoms with Crippen molar-refractivity contribution in [1.29, 1.82) is 0 Å². The number of aryl methyl sites for hydroxylation is 1. The summed E-state index contributed by atoms with van der Waals surface area (Å²) in [5.74, 6) is 0.957. The second-order valence-electron chi connectivity index (χ2n) is 4.77. The van der Waals surface area contributed by atoms with Gasteiger partial charge in [-0.2, -0.15) is 13.4 Å². The Balaban J connectivity index is 1.86. The number of hydrogen-bond acceptors (Lipinski definition) is 6. The number of hydrogen-bond donors (Lipinski definition) is 0. The minimum absolute atomic E-state index is 0.0262. The lowest BCUT2D eigenvalue weighted by atomic mass is 10.2. The summed E-state index contributed by atoms with van der Waals surface area (Å²) in [6.45, 7) is 1.68. The van der Waals surface area contributed by atoms with Gasteiger partial charge in [-0.1, -0.05) is 28.4 Å². The molecule has 1 aromatic heterocycles. The van der Waals surface area contributed by atoms with Gasteiger partial charge in [-0.15, -0.1) is 0 Å². The maximum atomic E-state index is 12.3. The van der Waals surface area contributed by atoms with Gasteiger partial charge in [0.15, 0.2) is 0 Å². The van der Waals surface area contributed by atoms with Crippen molar-refractivity contribution in [1.82, 2.24) is 10.1 Å². The number of benzene rings is 2. The third-order valence-electron chi connectivity index (χ3n) is 3.01. The lowest BCUT2D eigenvalue weighted by Gasteiger charge is -2.09. The van der Waals surface area contributed by atoms with Gasteiger partial charge in [-0.05, 0) is 42.5 Å². The van der Waals surface area contributed by atoms with Gasteiger partial charge in [0.2, 0.25) is 11.7 Å². The van der Waals surface area contributed by atoms with Crippen LogP contribution in [0, 0.1) is 6.92 Å². The first kappa shape index (κ1) is 16.8. The molecule has 9 heteroatoms. The first-order valence-electron chi connectivity index (χ1n) is 6.65. The van der Waals surface area contributed by atoms with Crippen LogP contribution >= 0.6 is 23.2 Å². The minimum Gasteiger partial charge on any atom is -0.379 e. The van der Waals surface area contributed by atoms with E-state index in [0.29, 0.717) is 17.3 Å². The van der Waals surface area contributed by atoms with E-state index in [2.05, 4.69) is 10.1 Å². The highest BCUT2D eigenvalue weighted by Gasteiger charge is 2.21. The van der Waals surface area contributed by atoms with Crippen LogP contribution in [0.15, 0.2) is 51.9 Å². The highest BCUT2D eigenvalue weighted by Crippen LogP contribution is 2.28. The third-order valence-corrected chi connectivity index (χ3v) is 4.97. The molecule has 0 aliphatic heterocycles. The summed E-state index contributed by atoms with van der Waals surface area (Å²) in [6.07, 6.45) is 0. The van der Waals surface area contributed by atoms with Gasteiger partial charge in [0.25, 0.3) is 0 Å². The SMILES string of the molecule is Cc1nc(-c2ccc(OS(=O)(=O)c3cc(Cl)ccc3Cl)cc2)no1. The molecule has 1 heterocycles. The average molecular weight is 385 g/mol. The van der Waals surface area contributed by atoms with E-state index in [4.69, 9.17) is 31.9 Å². The van der Waals surface area contributed by atoms with Crippen LogP contribution in [0.3, 0.4) is 0 Å². The molecule has 0 saturated heterocycles. The summed E-state index contributed by atoms with van der Waals surface area (Å²) >= 11 is 11.7.